The zero-order chi connectivity index (χ0) is 19.5. The number of carbonyl (C=O) groups is 2. The van der Waals surface area contributed by atoms with Crippen LogP contribution in [-0.2, 0) is 16.0 Å². The first-order chi connectivity index (χ1) is 12.1. The van der Waals surface area contributed by atoms with E-state index in [9.17, 15) is 9.59 Å². The summed E-state index contributed by atoms with van der Waals surface area (Å²) in [4.78, 5) is 25.5. The summed E-state index contributed by atoms with van der Waals surface area (Å²) in [5, 5.41) is 11.9. The van der Waals surface area contributed by atoms with Gasteiger partial charge in [-0.2, -0.15) is 0 Å². The first-order valence-corrected chi connectivity index (χ1v) is 9.52. The number of anilines is 2. The molecule has 0 spiro atoms. The molecule has 1 heterocycles. The minimum atomic E-state index is -0.727. The summed E-state index contributed by atoms with van der Waals surface area (Å²) < 4.78 is 0. The molecule has 5 nitrogen and oxygen atoms in total. The Hall–Kier alpha value is -2.04. The van der Waals surface area contributed by atoms with E-state index in [2.05, 4.69) is 30.1 Å². The lowest BCUT2D eigenvalue weighted by atomic mass is 9.94. The second-order valence-electron chi connectivity index (χ2n) is 8.36. The van der Waals surface area contributed by atoms with Crippen molar-refractivity contribution >= 4 is 23.3 Å². The van der Waals surface area contributed by atoms with Gasteiger partial charge in [0.25, 0.3) is 0 Å². The minimum Gasteiger partial charge on any atom is -0.481 e. The largest absolute Gasteiger partial charge is 0.481 e. The van der Waals surface area contributed by atoms with Gasteiger partial charge in [0.2, 0.25) is 5.91 Å². The summed E-state index contributed by atoms with van der Waals surface area (Å²) in [7, 11) is 0. The van der Waals surface area contributed by atoms with Gasteiger partial charge in [-0.15, -0.1) is 0 Å². The standard InChI is InChI=1S/C21H32N2O3/c1-14-13-15(2)18(22-20(26)21(3,4)5)19-16(14)10-12-23(19)11-8-6-7-9-17(24)25/h13H,6-12H2,1-5H3,(H,22,26)(H,24,25). The number of aryl methyl sites for hydroxylation is 2. The van der Waals surface area contributed by atoms with Gasteiger partial charge in [0, 0.05) is 24.9 Å². The Morgan fingerprint density at radius 1 is 1.15 bits per heavy atom. The maximum atomic E-state index is 12.6. The quantitative estimate of drug-likeness (QED) is 0.712. The van der Waals surface area contributed by atoms with E-state index in [1.54, 1.807) is 0 Å². The van der Waals surface area contributed by atoms with Crippen molar-refractivity contribution in [2.24, 2.45) is 5.41 Å². The van der Waals surface area contributed by atoms with Gasteiger partial charge in [0.15, 0.2) is 0 Å². The Morgan fingerprint density at radius 3 is 2.46 bits per heavy atom. The number of hydrogen-bond donors (Lipinski definition) is 2. The molecule has 1 aromatic carbocycles. The van der Waals surface area contributed by atoms with Crippen molar-refractivity contribution in [1.29, 1.82) is 0 Å². The van der Waals surface area contributed by atoms with E-state index in [-0.39, 0.29) is 12.3 Å². The van der Waals surface area contributed by atoms with Crippen LogP contribution in [-0.4, -0.2) is 30.1 Å². The van der Waals surface area contributed by atoms with Crippen LogP contribution in [0.1, 0.15) is 63.1 Å². The van der Waals surface area contributed by atoms with Crippen LogP contribution in [0.5, 0.6) is 0 Å². The Balaban J connectivity index is 2.17. The molecule has 0 saturated heterocycles. The lowest BCUT2D eigenvalue weighted by molar-refractivity contribution is -0.137. The summed E-state index contributed by atoms with van der Waals surface area (Å²) in [6.45, 7) is 11.8. The molecule has 2 rings (SSSR count). The third kappa shape index (κ3) is 4.77. The van der Waals surface area contributed by atoms with Crippen LogP contribution < -0.4 is 10.2 Å². The molecule has 0 radical (unpaired) electrons. The molecule has 0 atom stereocenters. The van der Waals surface area contributed by atoms with Gasteiger partial charge in [-0.05, 0) is 49.8 Å². The van der Waals surface area contributed by atoms with Crippen molar-refractivity contribution in [2.45, 2.75) is 66.7 Å². The third-order valence-electron chi connectivity index (χ3n) is 5.01. The Kier molecular flexibility index (Phi) is 6.32. The molecule has 1 aliphatic rings. The van der Waals surface area contributed by atoms with Crippen LogP contribution in [0, 0.1) is 19.3 Å². The third-order valence-corrected chi connectivity index (χ3v) is 5.01. The van der Waals surface area contributed by atoms with Gasteiger partial charge >= 0.3 is 5.97 Å². The number of rotatable bonds is 7. The van der Waals surface area contributed by atoms with Crippen LogP contribution in [0.25, 0.3) is 0 Å². The molecule has 0 saturated carbocycles. The van der Waals surface area contributed by atoms with Gasteiger partial charge in [0.05, 0.1) is 11.4 Å². The van der Waals surface area contributed by atoms with Crippen LogP contribution in [0.2, 0.25) is 0 Å². The van der Waals surface area contributed by atoms with Gasteiger partial charge in [-0.25, -0.2) is 0 Å². The average molecular weight is 360 g/mol. The molecular weight excluding hydrogens is 328 g/mol. The Labute approximate surface area is 156 Å². The molecule has 0 fully saturated rings. The van der Waals surface area contributed by atoms with E-state index >= 15 is 0 Å². The fraction of sp³-hybridized carbons (Fsp3) is 0.619. The normalized spacial score (nSPS) is 13.7. The number of nitrogens with zero attached hydrogens (tertiary/aromatic N) is 1. The van der Waals surface area contributed by atoms with Gasteiger partial charge < -0.3 is 15.3 Å². The van der Waals surface area contributed by atoms with Gasteiger partial charge in [0.1, 0.15) is 0 Å². The molecule has 0 unspecified atom stereocenters. The van der Waals surface area contributed by atoms with Gasteiger partial charge in [-0.1, -0.05) is 33.3 Å². The molecule has 0 bridgehead atoms. The number of amides is 1. The smallest absolute Gasteiger partial charge is 0.303 e. The van der Waals surface area contributed by atoms with Crippen LogP contribution >= 0.6 is 0 Å². The van der Waals surface area contributed by atoms with Crippen molar-refractivity contribution in [3.63, 3.8) is 0 Å². The predicted octanol–water partition coefficient (Wildman–Crippen LogP) is 4.30. The monoisotopic (exact) mass is 360 g/mol. The van der Waals surface area contributed by atoms with E-state index < -0.39 is 11.4 Å². The molecule has 26 heavy (non-hydrogen) atoms. The molecule has 1 aromatic rings. The highest BCUT2D eigenvalue weighted by Gasteiger charge is 2.28. The van der Waals surface area contributed by atoms with Crippen molar-refractivity contribution in [2.75, 3.05) is 23.3 Å². The summed E-state index contributed by atoms with van der Waals surface area (Å²) in [6.07, 6.45) is 3.83. The number of nitrogens with one attached hydrogen (secondary N) is 1. The molecule has 5 heteroatoms. The second kappa shape index (κ2) is 8.11. The number of carboxylic acids is 1. The van der Waals surface area contributed by atoms with Crippen molar-refractivity contribution in [3.8, 4) is 0 Å². The highest BCUT2D eigenvalue weighted by atomic mass is 16.4. The summed E-state index contributed by atoms with van der Waals surface area (Å²) in [5.74, 6) is -0.699. The van der Waals surface area contributed by atoms with E-state index in [1.807, 2.05) is 20.8 Å². The van der Waals surface area contributed by atoms with E-state index in [0.29, 0.717) is 0 Å². The SMILES string of the molecule is Cc1cc(C)c(NC(=O)C(C)(C)C)c2c1CCN2CCCCCC(=O)O. The van der Waals surface area contributed by atoms with E-state index in [0.717, 1.165) is 50.0 Å². The summed E-state index contributed by atoms with van der Waals surface area (Å²) in [6, 6.07) is 2.16. The first-order valence-electron chi connectivity index (χ1n) is 9.52. The minimum absolute atomic E-state index is 0.0277. The van der Waals surface area contributed by atoms with Crippen LogP contribution in [0.4, 0.5) is 11.4 Å². The highest BCUT2D eigenvalue weighted by Crippen LogP contribution is 2.40. The number of benzene rings is 1. The van der Waals surface area contributed by atoms with E-state index in [4.69, 9.17) is 5.11 Å². The zero-order valence-corrected chi connectivity index (χ0v) is 16.7. The fourth-order valence-corrected chi connectivity index (χ4v) is 3.47. The summed E-state index contributed by atoms with van der Waals surface area (Å²) >= 11 is 0. The number of hydrogen-bond acceptors (Lipinski definition) is 3. The van der Waals surface area contributed by atoms with Crippen molar-refractivity contribution in [1.82, 2.24) is 0 Å². The molecule has 2 N–H and O–H groups in total. The number of fused-ring (bicyclic) bond motifs is 1. The average Bonchev–Trinajstić information content (AvgIpc) is 2.94. The number of carbonyl (C=O) groups excluding carboxylic acids is 1. The van der Waals surface area contributed by atoms with Crippen molar-refractivity contribution in [3.05, 3.63) is 22.8 Å². The number of carboxylic acid groups (broad SMARTS) is 1. The number of aliphatic carboxylic acids is 1. The lowest BCUT2D eigenvalue weighted by Crippen LogP contribution is -2.30. The van der Waals surface area contributed by atoms with Gasteiger partial charge in [-0.3, -0.25) is 9.59 Å². The maximum Gasteiger partial charge on any atom is 0.303 e. The molecule has 0 aliphatic carbocycles. The first kappa shape index (κ1) is 20.3. The van der Waals surface area contributed by atoms with E-state index in [1.165, 1.54) is 16.8 Å². The molecule has 1 amide bonds. The summed E-state index contributed by atoms with van der Waals surface area (Å²) in [5.41, 5.74) is 5.36. The van der Waals surface area contributed by atoms with Crippen molar-refractivity contribution < 1.29 is 14.7 Å². The molecule has 0 aromatic heterocycles. The zero-order valence-electron chi connectivity index (χ0n) is 16.7. The Bertz CT molecular complexity index is 689. The molecular formula is C21H32N2O3. The number of unbranched alkanes of at least 4 members (excludes halogenated alkanes) is 2. The molecule has 1 aliphatic heterocycles. The predicted molar refractivity (Wildman–Crippen MR) is 106 cm³/mol. The topological polar surface area (TPSA) is 69.6 Å². The fourth-order valence-electron chi connectivity index (χ4n) is 3.47. The maximum absolute atomic E-state index is 12.6. The van der Waals surface area contributed by atoms with Crippen LogP contribution in [0.15, 0.2) is 6.07 Å². The highest BCUT2D eigenvalue weighted by molar-refractivity contribution is 5.99. The lowest BCUT2D eigenvalue weighted by Gasteiger charge is -2.26. The second-order valence-corrected chi connectivity index (χ2v) is 8.36. The molecule has 144 valence electrons. The Morgan fingerprint density at radius 2 is 1.85 bits per heavy atom. The van der Waals surface area contributed by atoms with Crippen LogP contribution in [0.3, 0.4) is 0 Å².